The van der Waals surface area contributed by atoms with Crippen molar-refractivity contribution in [1.82, 2.24) is 14.5 Å². The number of hydrogen-bond acceptors (Lipinski definition) is 2. The smallest absolute Gasteiger partial charge is 0.262 e. The van der Waals surface area contributed by atoms with Crippen LogP contribution in [0, 0.1) is 0 Å². The van der Waals surface area contributed by atoms with Crippen LogP contribution in [0.1, 0.15) is 5.56 Å². The summed E-state index contributed by atoms with van der Waals surface area (Å²) in [6.07, 6.45) is 4.17. The molecule has 1 aromatic carbocycles. The molecule has 0 aliphatic rings. The van der Waals surface area contributed by atoms with E-state index in [1.165, 1.54) is 5.56 Å². The quantitative estimate of drug-likeness (QED) is 0.759. The lowest BCUT2D eigenvalue weighted by Crippen LogP contribution is -2.21. The average molecular weight is 239 g/mol. The SMILES string of the molecule is O=c1c2cc[nH]c2ncn1CCc1ccccc1. The summed E-state index contributed by atoms with van der Waals surface area (Å²) in [6.45, 7) is 0.650. The van der Waals surface area contributed by atoms with Crippen molar-refractivity contribution in [2.75, 3.05) is 0 Å². The van der Waals surface area contributed by atoms with E-state index in [9.17, 15) is 4.79 Å². The van der Waals surface area contributed by atoms with Crippen LogP contribution in [-0.4, -0.2) is 14.5 Å². The summed E-state index contributed by atoms with van der Waals surface area (Å²) in [5.74, 6) is 0. The second-order valence-corrected chi connectivity index (χ2v) is 4.22. The predicted molar refractivity (Wildman–Crippen MR) is 70.5 cm³/mol. The molecule has 4 nitrogen and oxygen atoms in total. The van der Waals surface area contributed by atoms with Gasteiger partial charge < -0.3 is 4.98 Å². The number of aryl methyl sites for hydroxylation is 2. The van der Waals surface area contributed by atoms with Gasteiger partial charge in [-0.05, 0) is 18.1 Å². The molecule has 2 aromatic heterocycles. The van der Waals surface area contributed by atoms with Crippen LogP contribution in [0.3, 0.4) is 0 Å². The molecule has 0 amide bonds. The van der Waals surface area contributed by atoms with Gasteiger partial charge in [-0.25, -0.2) is 4.98 Å². The summed E-state index contributed by atoms with van der Waals surface area (Å²) in [6, 6.07) is 11.9. The second-order valence-electron chi connectivity index (χ2n) is 4.22. The van der Waals surface area contributed by atoms with E-state index in [4.69, 9.17) is 0 Å². The lowest BCUT2D eigenvalue weighted by atomic mass is 10.1. The van der Waals surface area contributed by atoms with Gasteiger partial charge in [0.05, 0.1) is 11.7 Å². The summed E-state index contributed by atoms with van der Waals surface area (Å²) in [7, 11) is 0. The Morgan fingerprint density at radius 3 is 2.83 bits per heavy atom. The molecule has 0 atom stereocenters. The third-order valence-electron chi connectivity index (χ3n) is 3.03. The van der Waals surface area contributed by atoms with Crippen LogP contribution in [0.5, 0.6) is 0 Å². The average Bonchev–Trinajstić information content (AvgIpc) is 2.88. The van der Waals surface area contributed by atoms with E-state index >= 15 is 0 Å². The first-order valence-electron chi connectivity index (χ1n) is 5.91. The molecule has 0 bridgehead atoms. The molecule has 2 heterocycles. The van der Waals surface area contributed by atoms with Gasteiger partial charge in [0.1, 0.15) is 5.65 Å². The molecule has 18 heavy (non-hydrogen) atoms. The highest BCUT2D eigenvalue weighted by Crippen LogP contribution is 2.04. The van der Waals surface area contributed by atoms with Crippen molar-refractivity contribution in [1.29, 1.82) is 0 Å². The van der Waals surface area contributed by atoms with Crippen LogP contribution >= 0.6 is 0 Å². The van der Waals surface area contributed by atoms with Gasteiger partial charge in [0.2, 0.25) is 0 Å². The number of aromatic nitrogens is 3. The maximum Gasteiger partial charge on any atom is 0.262 e. The van der Waals surface area contributed by atoms with E-state index in [-0.39, 0.29) is 5.56 Å². The van der Waals surface area contributed by atoms with Crippen LogP contribution in [0.2, 0.25) is 0 Å². The van der Waals surface area contributed by atoms with Crippen molar-refractivity contribution in [3.8, 4) is 0 Å². The fraction of sp³-hybridized carbons (Fsp3) is 0.143. The predicted octanol–water partition coefficient (Wildman–Crippen LogP) is 1.97. The Kier molecular flexibility index (Phi) is 2.68. The monoisotopic (exact) mass is 239 g/mol. The van der Waals surface area contributed by atoms with Gasteiger partial charge in [0.15, 0.2) is 0 Å². The molecule has 0 fully saturated rings. The van der Waals surface area contributed by atoms with Gasteiger partial charge >= 0.3 is 0 Å². The van der Waals surface area contributed by atoms with Crippen LogP contribution in [0.4, 0.5) is 0 Å². The normalized spacial score (nSPS) is 10.9. The van der Waals surface area contributed by atoms with Gasteiger partial charge in [-0.2, -0.15) is 0 Å². The molecule has 0 radical (unpaired) electrons. The fourth-order valence-corrected chi connectivity index (χ4v) is 2.03. The van der Waals surface area contributed by atoms with Gasteiger partial charge in [-0.15, -0.1) is 0 Å². The molecule has 1 N–H and O–H groups in total. The molecule has 3 rings (SSSR count). The molecule has 0 aliphatic carbocycles. The van der Waals surface area contributed by atoms with E-state index in [0.717, 1.165) is 6.42 Å². The van der Waals surface area contributed by atoms with Crippen LogP contribution in [0.25, 0.3) is 11.0 Å². The minimum absolute atomic E-state index is 0.0113. The van der Waals surface area contributed by atoms with E-state index in [0.29, 0.717) is 17.6 Å². The number of H-pyrrole nitrogens is 1. The Bertz CT molecular complexity index is 712. The van der Waals surface area contributed by atoms with Gasteiger partial charge in [0, 0.05) is 12.7 Å². The van der Waals surface area contributed by atoms with Crippen LogP contribution < -0.4 is 5.56 Å². The Morgan fingerprint density at radius 1 is 1.17 bits per heavy atom. The summed E-state index contributed by atoms with van der Waals surface area (Å²) < 4.78 is 1.66. The standard InChI is InChI=1S/C14H13N3O/c18-14-12-6-8-15-13(12)16-10-17(14)9-7-11-4-2-1-3-5-11/h1-6,8,10,15H,7,9H2. The summed E-state index contributed by atoms with van der Waals surface area (Å²) in [4.78, 5) is 19.3. The third-order valence-corrected chi connectivity index (χ3v) is 3.03. The second kappa shape index (κ2) is 4.49. The first kappa shape index (κ1) is 10.8. The Morgan fingerprint density at radius 2 is 2.00 bits per heavy atom. The minimum Gasteiger partial charge on any atom is -0.346 e. The molecular formula is C14H13N3O. The number of hydrogen-bond donors (Lipinski definition) is 1. The highest BCUT2D eigenvalue weighted by molar-refractivity contribution is 5.73. The number of nitrogens with one attached hydrogen (secondary N) is 1. The molecule has 0 unspecified atom stereocenters. The lowest BCUT2D eigenvalue weighted by molar-refractivity contribution is 0.662. The third kappa shape index (κ3) is 1.93. The molecule has 3 aromatic rings. The maximum atomic E-state index is 12.1. The van der Waals surface area contributed by atoms with Crippen molar-refractivity contribution in [3.05, 3.63) is 64.8 Å². The first-order chi connectivity index (χ1) is 8.84. The van der Waals surface area contributed by atoms with Crippen molar-refractivity contribution >= 4 is 11.0 Å². The molecular weight excluding hydrogens is 226 g/mol. The summed E-state index contributed by atoms with van der Waals surface area (Å²) in [5, 5.41) is 0.644. The fourth-order valence-electron chi connectivity index (χ4n) is 2.03. The molecule has 90 valence electrons. The number of nitrogens with zero attached hydrogens (tertiary/aromatic N) is 2. The van der Waals surface area contributed by atoms with E-state index in [2.05, 4.69) is 22.1 Å². The molecule has 0 spiro atoms. The zero-order chi connectivity index (χ0) is 12.4. The van der Waals surface area contributed by atoms with E-state index in [1.807, 2.05) is 18.2 Å². The van der Waals surface area contributed by atoms with Crippen LogP contribution in [-0.2, 0) is 13.0 Å². The number of fused-ring (bicyclic) bond motifs is 1. The number of rotatable bonds is 3. The van der Waals surface area contributed by atoms with E-state index < -0.39 is 0 Å². The minimum atomic E-state index is 0.0113. The van der Waals surface area contributed by atoms with Crippen molar-refractivity contribution < 1.29 is 0 Å². The molecule has 0 saturated carbocycles. The lowest BCUT2D eigenvalue weighted by Gasteiger charge is -2.05. The summed E-state index contributed by atoms with van der Waals surface area (Å²) in [5.41, 5.74) is 1.88. The summed E-state index contributed by atoms with van der Waals surface area (Å²) >= 11 is 0. The van der Waals surface area contributed by atoms with Gasteiger partial charge in [0.25, 0.3) is 5.56 Å². The molecule has 0 aliphatic heterocycles. The zero-order valence-electron chi connectivity index (χ0n) is 9.84. The maximum absolute atomic E-state index is 12.1. The van der Waals surface area contributed by atoms with Crippen molar-refractivity contribution in [3.63, 3.8) is 0 Å². The topological polar surface area (TPSA) is 50.7 Å². The number of benzene rings is 1. The Labute approximate surface area is 104 Å². The van der Waals surface area contributed by atoms with Gasteiger partial charge in [-0.3, -0.25) is 9.36 Å². The highest BCUT2D eigenvalue weighted by atomic mass is 16.1. The van der Waals surface area contributed by atoms with Crippen molar-refractivity contribution in [2.45, 2.75) is 13.0 Å². The molecule has 0 saturated heterocycles. The van der Waals surface area contributed by atoms with Gasteiger partial charge in [-0.1, -0.05) is 30.3 Å². The van der Waals surface area contributed by atoms with E-state index in [1.54, 1.807) is 23.2 Å². The molecule has 4 heteroatoms. The highest BCUT2D eigenvalue weighted by Gasteiger charge is 2.04. The first-order valence-corrected chi connectivity index (χ1v) is 5.91. The van der Waals surface area contributed by atoms with Crippen molar-refractivity contribution in [2.24, 2.45) is 0 Å². The Hall–Kier alpha value is -2.36. The number of aromatic amines is 1. The zero-order valence-corrected chi connectivity index (χ0v) is 9.84. The Balaban J connectivity index is 1.87. The van der Waals surface area contributed by atoms with Crippen LogP contribution in [0.15, 0.2) is 53.7 Å². The largest absolute Gasteiger partial charge is 0.346 e.